The van der Waals surface area contributed by atoms with Gasteiger partial charge >= 0.3 is 0 Å². The number of carbonyl (C=O) groups excluding carboxylic acids is 1. The standard InChI is InChI=1S/C23H22BrNO3/c1-27-20-11-5-16(6-12-20)22(25-19-9-13-21(28-2)14-10-19)15-23(26)17-3-7-18(24)8-4-17/h3-14,22,25H,15H2,1-2H3/t22-/m1/s1. The van der Waals surface area contributed by atoms with Crippen LogP contribution < -0.4 is 14.8 Å². The summed E-state index contributed by atoms with van der Waals surface area (Å²) in [6, 6.07) is 22.7. The highest BCUT2D eigenvalue weighted by molar-refractivity contribution is 9.10. The van der Waals surface area contributed by atoms with Gasteiger partial charge in [-0.25, -0.2) is 0 Å². The van der Waals surface area contributed by atoms with Gasteiger partial charge in [0.25, 0.3) is 0 Å². The van der Waals surface area contributed by atoms with Crippen LogP contribution in [0.1, 0.15) is 28.4 Å². The van der Waals surface area contributed by atoms with E-state index in [4.69, 9.17) is 9.47 Å². The Kier molecular flexibility index (Phi) is 6.71. The van der Waals surface area contributed by atoms with E-state index >= 15 is 0 Å². The van der Waals surface area contributed by atoms with Gasteiger partial charge in [0.2, 0.25) is 0 Å². The van der Waals surface area contributed by atoms with Crippen LogP contribution in [0, 0.1) is 0 Å². The minimum Gasteiger partial charge on any atom is -0.497 e. The Balaban J connectivity index is 1.83. The first kappa shape index (κ1) is 20.0. The maximum Gasteiger partial charge on any atom is 0.165 e. The molecule has 0 aliphatic rings. The lowest BCUT2D eigenvalue weighted by Gasteiger charge is -2.20. The maximum atomic E-state index is 12.9. The molecular weight excluding hydrogens is 418 g/mol. The molecule has 4 nitrogen and oxygen atoms in total. The summed E-state index contributed by atoms with van der Waals surface area (Å²) in [4.78, 5) is 12.9. The summed E-state index contributed by atoms with van der Waals surface area (Å²) in [5.41, 5.74) is 2.63. The first-order valence-electron chi connectivity index (χ1n) is 8.92. The zero-order valence-electron chi connectivity index (χ0n) is 15.8. The molecule has 1 atom stereocenters. The molecule has 0 amide bonds. The Hall–Kier alpha value is -2.79. The van der Waals surface area contributed by atoms with Crippen molar-refractivity contribution in [2.45, 2.75) is 12.5 Å². The van der Waals surface area contributed by atoms with Crippen molar-refractivity contribution in [3.63, 3.8) is 0 Å². The van der Waals surface area contributed by atoms with Crippen molar-refractivity contribution in [3.8, 4) is 11.5 Å². The number of methoxy groups -OCH3 is 2. The molecule has 1 N–H and O–H groups in total. The molecule has 3 rings (SSSR count). The van der Waals surface area contributed by atoms with Crippen molar-refractivity contribution in [3.05, 3.63) is 88.4 Å². The van der Waals surface area contributed by atoms with Crippen molar-refractivity contribution in [1.82, 2.24) is 0 Å². The molecule has 144 valence electrons. The molecule has 3 aromatic rings. The van der Waals surface area contributed by atoms with E-state index in [9.17, 15) is 4.79 Å². The summed E-state index contributed by atoms with van der Waals surface area (Å²) in [5.74, 6) is 1.65. The molecule has 0 spiro atoms. The molecule has 0 bridgehead atoms. The number of Topliss-reactive ketones (excluding diaryl/α,β-unsaturated/α-hetero) is 1. The average Bonchev–Trinajstić information content (AvgIpc) is 2.74. The zero-order valence-corrected chi connectivity index (χ0v) is 17.4. The summed E-state index contributed by atoms with van der Waals surface area (Å²) in [7, 11) is 3.28. The van der Waals surface area contributed by atoms with Crippen molar-refractivity contribution in [2.24, 2.45) is 0 Å². The van der Waals surface area contributed by atoms with Crippen LogP contribution in [-0.2, 0) is 0 Å². The lowest BCUT2D eigenvalue weighted by molar-refractivity contribution is 0.0976. The predicted molar refractivity (Wildman–Crippen MR) is 115 cm³/mol. The van der Waals surface area contributed by atoms with Gasteiger partial charge in [0.1, 0.15) is 11.5 Å². The Morgan fingerprint density at radius 2 is 1.39 bits per heavy atom. The van der Waals surface area contributed by atoms with Crippen molar-refractivity contribution < 1.29 is 14.3 Å². The number of hydrogen-bond acceptors (Lipinski definition) is 4. The normalized spacial score (nSPS) is 11.5. The molecule has 5 heteroatoms. The van der Waals surface area contributed by atoms with Gasteiger partial charge in [-0.2, -0.15) is 0 Å². The second-order valence-electron chi connectivity index (χ2n) is 6.33. The van der Waals surface area contributed by atoms with Crippen LogP contribution >= 0.6 is 15.9 Å². The second-order valence-corrected chi connectivity index (χ2v) is 7.25. The predicted octanol–water partition coefficient (Wildman–Crippen LogP) is 5.89. The Morgan fingerprint density at radius 1 is 0.857 bits per heavy atom. The third kappa shape index (κ3) is 5.14. The van der Waals surface area contributed by atoms with E-state index in [0.29, 0.717) is 12.0 Å². The summed E-state index contributed by atoms with van der Waals surface area (Å²) >= 11 is 3.41. The molecule has 0 fully saturated rings. The molecule has 0 saturated carbocycles. The van der Waals surface area contributed by atoms with Gasteiger partial charge in [-0.15, -0.1) is 0 Å². The minimum atomic E-state index is -0.171. The highest BCUT2D eigenvalue weighted by atomic mass is 79.9. The van der Waals surface area contributed by atoms with E-state index in [0.717, 1.165) is 27.2 Å². The SMILES string of the molecule is COc1ccc(N[C@H](CC(=O)c2ccc(Br)cc2)c2ccc(OC)cc2)cc1. The lowest BCUT2D eigenvalue weighted by atomic mass is 9.97. The number of hydrogen-bond donors (Lipinski definition) is 1. The molecular formula is C23H22BrNO3. The van der Waals surface area contributed by atoms with Gasteiger partial charge < -0.3 is 14.8 Å². The fourth-order valence-electron chi connectivity index (χ4n) is 2.92. The van der Waals surface area contributed by atoms with E-state index in [1.165, 1.54) is 0 Å². The number of ketones is 1. The van der Waals surface area contributed by atoms with Crippen LogP contribution in [0.3, 0.4) is 0 Å². The van der Waals surface area contributed by atoms with Crippen LogP contribution in [0.25, 0.3) is 0 Å². The number of benzene rings is 3. The van der Waals surface area contributed by atoms with Gasteiger partial charge in [-0.1, -0.05) is 40.2 Å². The molecule has 28 heavy (non-hydrogen) atoms. The van der Waals surface area contributed by atoms with Crippen molar-refractivity contribution >= 4 is 27.4 Å². The van der Waals surface area contributed by atoms with E-state index in [2.05, 4.69) is 21.2 Å². The van der Waals surface area contributed by atoms with Crippen molar-refractivity contribution in [2.75, 3.05) is 19.5 Å². The fourth-order valence-corrected chi connectivity index (χ4v) is 3.18. The summed E-state index contributed by atoms with van der Waals surface area (Å²) in [5, 5.41) is 3.47. The summed E-state index contributed by atoms with van der Waals surface area (Å²) < 4.78 is 11.4. The molecule has 0 heterocycles. The molecule has 0 saturated heterocycles. The quantitative estimate of drug-likeness (QED) is 0.444. The number of halogens is 1. The third-order valence-electron chi connectivity index (χ3n) is 4.50. The summed E-state index contributed by atoms with van der Waals surface area (Å²) in [6.45, 7) is 0. The highest BCUT2D eigenvalue weighted by Gasteiger charge is 2.18. The van der Waals surface area contributed by atoms with E-state index < -0.39 is 0 Å². The second kappa shape index (κ2) is 9.42. The molecule has 0 aromatic heterocycles. The molecule has 0 radical (unpaired) electrons. The lowest BCUT2D eigenvalue weighted by Crippen LogP contribution is -2.16. The van der Waals surface area contributed by atoms with E-state index in [1.807, 2.05) is 72.8 Å². The van der Waals surface area contributed by atoms with E-state index in [1.54, 1.807) is 14.2 Å². The van der Waals surface area contributed by atoms with Crippen LogP contribution in [0.2, 0.25) is 0 Å². The van der Waals surface area contributed by atoms with Crippen molar-refractivity contribution in [1.29, 1.82) is 0 Å². The Labute approximate surface area is 173 Å². The fraction of sp³-hybridized carbons (Fsp3) is 0.174. The minimum absolute atomic E-state index is 0.0781. The maximum absolute atomic E-state index is 12.9. The number of carbonyl (C=O) groups is 1. The van der Waals surface area contributed by atoms with Crippen LogP contribution in [0.5, 0.6) is 11.5 Å². The highest BCUT2D eigenvalue weighted by Crippen LogP contribution is 2.27. The van der Waals surface area contributed by atoms with Gasteiger partial charge in [0.05, 0.1) is 20.3 Å². The molecule has 0 unspecified atom stereocenters. The Morgan fingerprint density at radius 3 is 1.93 bits per heavy atom. The average molecular weight is 440 g/mol. The van der Waals surface area contributed by atoms with Gasteiger partial charge in [0, 0.05) is 22.1 Å². The smallest absolute Gasteiger partial charge is 0.165 e. The van der Waals surface area contributed by atoms with Crippen LogP contribution in [0.15, 0.2) is 77.3 Å². The largest absolute Gasteiger partial charge is 0.497 e. The number of ether oxygens (including phenoxy) is 2. The van der Waals surface area contributed by atoms with Gasteiger partial charge in [-0.3, -0.25) is 4.79 Å². The van der Waals surface area contributed by atoms with E-state index in [-0.39, 0.29) is 11.8 Å². The monoisotopic (exact) mass is 439 g/mol. The number of rotatable bonds is 8. The third-order valence-corrected chi connectivity index (χ3v) is 5.03. The molecule has 0 aliphatic carbocycles. The van der Waals surface area contributed by atoms with Crippen LogP contribution in [-0.4, -0.2) is 20.0 Å². The Bertz CT molecular complexity index is 906. The van der Waals surface area contributed by atoms with Gasteiger partial charge in [0.15, 0.2) is 5.78 Å². The van der Waals surface area contributed by atoms with Gasteiger partial charge in [-0.05, 0) is 54.1 Å². The first-order chi connectivity index (χ1) is 13.6. The topological polar surface area (TPSA) is 47.6 Å². The summed E-state index contributed by atoms with van der Waals surface area (Å²) in [6.07, 6.45) is 0.333. The molecule has 0 aliphatic heterocycles. The molecule has 3 aromatic carbocycles. The number of nitrogens with one attached hydrogen (secondary N) is 1. The first-order valence-corrected chi connectivity index (χ1v) is 9.71. The zero-order chi connectivity index (χ0) is 19.9. The number of anilines is 1. The van der Waals surface area contributed by atoms with Crippen LogP contribution in [0.4, 0.5) is 5.69 Å².